The fourth-order valence-electron chi connectivity index (χ4n) is 2.42. The molecule has 0 atom stereocenters. The first kappa shape index (κ1) is 17.3. The molecule has 1 aliphatic carbocycles. The number of nitro groups is 1. The largest absolute Gasteiger partial charge is 0.272 e. The van der Waals surface area contributed by atoms with E-state index in [9.17, 15) is 19.7 Å². The second kappa shape index (κ2) is 8.52. The summed E-state index contributed by atoms with van der Waals surface area (Å²) >= 11 is 1.61. The number of hydrazine groups is 1. The zero-order chi connectivity index (χ0) is 16.7. The number of rotatable bonds is 5. The van der Waals surface area contributed by atoms with Crippen molar-refractivity contribution >= 4 is 29.3 Å². The summed E-state index contributed by atoms with van der Waals surface area (Å²) in [5, 5.41) is 11.2. The Morgan fingerprint density at radius 1 is 1.22 bits per heavy atom. The van der Waals surface area contributed by atoms with Gasteiger partial charge in [0.2, 0.25) is 5.91 Å². The fourth-order valence-corrected chi connectivity index (χ4v) is 3.55. The molecule has 124 valence electrons. The molecule has 0 radical (unpaired) electrons. The highest BCUT2D eigenvalue weighted by Gasteiger charge is 2.16. The standard InChI is InChI=1S/C15H19N3O4S/c19-14(10-23-13-7-2-1-3-8-13)16-17-15(20)11-5-4-6-12(9-11)18(21)22/h4-6,9,13H,1-3,7-8,10H2,(H,16,19)(H,17,20). The van der Waals surface area contributed by atoms with Crippen LogP contribution in [0.2, 0.25) is 0 Å². The predicted octanol–water partition coefficient (Wildman–Crippen LogP) is 2.42. The van der Waals surface area contributed by atoms with E-state index in [1.807, 2.05) is 0 Å². The van der Waals surface area contributed by atoms with Crippen molar-refractivity contribution < 1.29 is 14.5 Å². The van der Waals surface area contributed by atoms with E-state index in [0.29, 0.717) is 11.0 Å². The van der Waals surface area contributed by atoms with Crippen molar-refractivity contribution in [2.45, 2.75) is 37.4 Å². The summed E-state index contributed by atoms with van der Waals surface area (Å²) < 4.78 is 0. The maximum absolute atomic E-state index is 11.9. The molecule has 0 unspecified atom stereocenters. The fraction of sp³-hybridized carbons (Fsp3) is 0.467. The summed E-state index contributed by atoms with van der Waals surface area (Å²) in [5.74, 6) is -0.566. The molecule has 23 heavy (non-hydrogen) atoms. The molecule has 1 aromatic rings. The van der Waals surface area contributed by atoms with Gasteiger partial charge in [0.25, 0.3) is 11.6 Å². The second-order valence-corrected chi connectivity index (χ2v) is 6.67. The van der Waals surface area contributed by atoms with Crippen molar-refractivity contribution in [3.63, 3.8) is 0 Å². The van der Waals surface area contributed by atoms with E-state index in [4.69, 9.17) is 0 Å². The molecule has 2 N–H and O–H groups in total. The van der Waals surface area contributed by atoms with Gasteiger partial charge in [-0.15, -0.1) is 11.8 Å². The van der Waals surface area contributed by atoms with Gasteiger partial charge in [-0.1, -0.05) is 25.3 Å². The van der Waals surface area contributed by atoms with E-state index < -0.39 is 10.8 Å². The van der Waals surface area contributed by atoms with Crippen molar-refractivity contribution in [1.82, 2.24) is 10.9 Å². The van der Waals surface area contributed by atoms with Gasteiger partial charge in [-0.2, -0.15) is 0 Å². The number of hydrogen-bond donors (Lipinski definition) is 2. The lowest BCUT2D eigenvalue weighted by molar-refractivity contribution is -0.384. The van der Waals surface area contributed by atoms with Crippen molar-refractivity contribution in [2.75, 3.05) is 5.75 Å². The normalized spacial score (nSPS) is 15.0. The van der Waals surface area contributed by atoms with Gasteiger partial charge in [-0.3, -0.25) is 30.6 Å². The Kier molecular flexibility index (Phi) is 6.40. The van der Waals surface area contributed by atoms with Crippen LogP contribution in [0.1, 0.15) is 42.5 Å². The monoisotopic (exact) mass is 337 g/mol. The summed E-state index contributed by atoms with van der Waals surface area (Å²) in [5.41, 5.74) is 4.57. The first-order valence-corrected chi connectivity index (χ1v) is 8.56. The number of carbonyl (C=O) groups is 2. The molecule has 1 saturated carbocycles. The van der Waals surface area contributed by atoms with Crippen LogP contribution in [0.15, 0.2) is 24.3 Å². The SMILES string of the molecule is O=C(CSC1CCCCC1)NNC(=O)c1cccc([N+](=O)[O-])c1. The van der Waals surface area contributed by atoms with Crippen LogP contribution in [-0.2, 0) is 4.79 Å². The Morgan fingerprint density at radius 2 is 1.96 bits per heavy atom. The van der Waals surface area contributed by atoms with Crippen LogP contribution < -0.4 is 10.9 Å². The molecule has 1 aromatic carbocycles. The van der Waals surface area contributed by atoms with E-state index >= 15 is 0 Å². The molecular weight excluding hydrogens is 318 g/mol. The Balaban J connectivity index is 1.76. The molecule has 0 aromatic heterocycles. The van der Waals surface area contributed by atoms with Crippen LogP contribution in [0, 0.1) is 10.1 Å². The van der Waals surface area contributed by atoms with Crippen LogP contribution in [-0.4, -0.2) is 27.7 Å². The number of thioether (sulfide) groups is 1. The third-order valence-corrected chi connectivity index (χ3v) is 5.01. The maximum Gasteiger partial charge on any atom is 0.270 e. The van der Waals surface area contributed by atoms with E-state index in [0.717, 1.165) is 18.9 Å². The number of amides is 2. The highest BCUT2D eigenvalue weighted by molar-refractivity contribution is 8.00. The first-order valence-electron chi connectivity index (χ1n) is 7.51. The van der Waals surface area contributed by atoms with Gasteiger partial charge in [-0.05, 0) is 18.9 Å². The minimum atomic E-state index is -0.579. The zero-order valence-corrected chi connectivity index (χ0v) is 13.4. The number of carbonyl (C=O) groups excluding carboxylic acids is 2. The average Bonchev–Trinajstić information content (AvgIpc) is 2.58. The van der Waals surface area contributed by atoms with Crippen LogP contribution in [0.4, 0.5) is 5.69 Å². The van der Waals surface area contributed by atoms with Gasteiger partial charge in [-0.25, -0.2) is 0 Å². The summed E-state index contributed by atoms with van der Waals surface area (Å²) in [6.07, 6.45) is 5.96. The minimum Gasteiger partial charge on any atom is -0.272 e. The van der Waals surface area contributed by atoms with Gasteiger partial charge >= 0.3 is 0 Å². The number of nitrogens with zero attached hydrogens (tertiary/aromatic N) is 1. The first-order chi connectivity index (χ1) is 11.1. The van der Waals surface area contributed by atoms with Crippen molar-refractivity contribution in [1.29, 1.82) is 0 Å². The topological polar surface area (TPSA) is 101 Å². The van der Waals surface area contributed by atoms with Gasteiger partial charge in [0.1, 0.15) is 0 Å². The van der Waals surface area contributed by atoms with Crippen LogP contribution in [0.3, 0.4) is 0 Å². The van der Waals surface area contributed by atoms with Crippen molar-refractivity contribution in [3.8, 4) is 0 Å². The third-order valence-electron chi connectivity index (χ3n) is 3.64. The Labute approximate surface area is 138 Å². The van der Waals surface area contributed by atoms with Gasteiger partial charge < -0.3 is 0 Å². The lowest BCUT2D eigenvalue weighted by atomic mass is 10.0. The summed E-state index contributed by atoms with van der Waals surface area (Å²) in [6, 6.07) is 5.34. The lowest BCUT2D eigenvalue weighted by Gasteiger charge is -2.20. The minimum absolute atomic E-state index is 0.124. The van der Waals surface area contributed by atoms with Gasteiger partial charge in [0.15, 0.2) is 0 Å². The van der Waals surface area contributed by atoms with Crippen LogP contribution in [0.5, 0.6) is 0 Å². The Hall–Kier alpha value is -2.09. The zero-order valence-electron chi connectivity index (χ0n) is 12.6. The van der Waals surface area contributed by atoms with E-state index in [1.165, 1.54) is 37.5 Å². The lowest BCUT2D eigenvalue weighted by Crippen LogP contribution is -2.42. The summed E-state index contributed by atoms with van der Waals surface area (Å²) in [4.78, 5) is 33.7. The number of nitrogens with one attached hydrogen (secondary N) is 2. The van der Waals surface area contributed by atoms with E-state index in [-0.39, 0.29) is 17.2 Å². The molecule has 1 fully saturated rings. The second-order valence-electron chi connectivity index (χ2n) is 5.38. The third kappa shape index (κ3) is 5.55. The molecule has 0 saturated heterocycles. The molecule has 2 amide bonds. The van der Waals surface area contributed by atoms with Crippen molar-refractivity contribution in [3.05, 3.63) is 39.9 Å². The number of non-ortho nitro benzene ring substituents is 1. The smallest absolute Gasteiger partial charge is 0.270 e. The molecule has 8 heteroatoms. The Morgan fingerprint density at radius 3 is 2.65 bits per heavy atom. The quantitative estimate of drug-likeness (QED) is 0.635. The average molecular weight is 337 g/mol. The maximum atomic E-state index is 11.9. The van der Waals surface area contributed by atoms with E-state index in [1.54, 1.807) is 11.8 Å². The molecular formula is C15H19N3O4S. The van der Waals surface area contributed by atoms with E-state index in [2.05, 4.69) is 10.9 Å². The molecule has 0 bridgehead atoms. The molecule has 1 aliphatic rings. The highest BCUT2D eigenvalue weighted by atomic mass is 32.2. The molecule has 7 nitrogen and oxygen atoms in total. The van der Waals surface area contributed by atoms with Crippen LogP contribution in [0.25, 0.3) is 0 Å². The highest BCUT2D eigenvalue weighted by Crippen LogP contribution is 2.27. The number of nitro benzene ring substituents is 1. The van der Waals surface area contributed by atoms with Gasteiger partial charge in [0, 0.05) is 22.9 Å². The molecule has 0 spiro atoms. The Bertz CT molecular complexity index is 588. The van der Waals surface area contributed by atoms with Crippen molar-refractivity contribution in [2.24, 2.45) is 0 Å². The predicted molar refractivity (Wildman–Crippen MR) is 88.0 cm³/mol. The van der Waals surface area contributed by atoms with Gasteiger partial charge in [0.05, 0.1) is 10.7 Å². The number of benzene rings is 1. The molecule has 2 rings (SSSR count). The summed E-state index contributed by atoms with van der Waals surface area (Å²) in [7, 11) is 0. The molecule has 0 aliphatic heterocycles. The summed E-state index contributed by atoms with van der Waals surface area (Å²) in [6.45, 7) is 0. The molecule has 0 heterocycles. The number of hydrogen-bond acceptors (Lipinski definition) is 5. The van der Waals surface area contributed by atoms with Crippen LogP contribution >= 0.6 is 11.8 Å².